The van der Waals surface area contributed by atoms with Crippen LogP contribution >= 0.6 is 39.3 Å². The van der Waals surface area contributed by atoms with Gasteiger partial charge in [0.1, 0.15) is 0 Å². The van der Waals surface area contributed by atoms with Crippen LogP contribution in [0.15, 0.2) is 63.1 Å². The Bertz CT molecular complexity index is 1130. The van der Waals surface area contributed by atoms with Crippen LogP contribution < -0.4 is 0 Å². The summed E-state index contributed by atoms with van der Waals surface area (Å²) >= 11 is 11.7. The van der Waals surface area contributed by atoms with Crippen molar-refractivity contribution in [2.24, 2.45) is 0 Å². The number of aryl methyl sites for hydroxylation is 2. The lowest BCUT2D eigenvalue weighted by atomic mass is 10.2. The summed E-state index contributed by atoms with van der Waals surface area (Å²) in [4.78, 5) is 2.45. The molecular formula is C21H19BrClN3S. The molecule has 2 aromatic carbocycles. The van der Waals surface area contributed by atoms with Gasteiger partial charge in [-0.25, -0.2) is 0 Å². The highest BCUT2D eigenvalue weighted by atomic mass is 79.9. The molecule has 0 atom stereocenters. The molecule has 0 N–H and O–H groups in total. The average Bonchev–Trinajstić information content (AvgIpc) is 3.17. The molecule has 0 aliphatic heterocycles. The molecule has 4 rings (SSSR count). The van der Waals surface area contributed by atoms with Crippen molar-refractivity contribution in [3.8, 4) is 5.69 Å². The highest BCUT2D eigenvalue weighted by Crippen LogP contribution is 2.41. The Labute approximate surface area is 176 Å². The monoisotopic (exact) mass is 459 g/mol. The van der Waals surface area contributed by atoms with Crippen LogP contribution in [0.5, 0.6) is 0 Å². The second kappa shape index (κ2) is 7.38. The van der Waals surface area contributed by atoms with E-state index in [4.69, 9.17) is 11.6 Å². The number of halogens is 2. The van der Waals surface area contributed by atoms with Gasteiger partial charge in [-0.1, -0.05) is 45.4 Å². The molecule has 0 aliphatic carbocycles. The molecule has 0 radical (unpaired) electrons. The summed E-state index contributed by atoms with van der Waals surface area (Å²) in [6, 6.07) is 12.6. The van der Waals surface area contributed by atoms with Gasteiger partial charge in [-0.3, -0.25) is 4.68 Å². The van der Waals surface area contributed by atoms with E-state index in [0.29, 0.717) is 0 Å². The summed E-state index contributed by atoms with van der Waals surface area (Å²) in [5, 5.41) is 6.38. The van der Waals surface area contributed by atoms with Crippen molar-refractivity contribution in [1.82, 2.24) is 14.3 Å². The molecule has 4 aromatic rings. The maximum absolute atomic E-state index is 6.33. The van der Waals surface area contributed by atoms with Gasteiger partial charge in [0.05, 0.1) is 17.4 Å². The van der Waals surface area contributed by atoms with Gasteiger partial charge in [-0.2, -0.15) is 5.10 Å². The van der Waals surface area contributed by atoms with Gasteiger partial charge in [0.2, 0.25) is 0 Å². The molecule has 2 heterocycles. The summed E-state index contributed by atoms with van der Waals surface area (Å²) < 4.78 is 5.28. The molecule has 0 bridgehead atoms. The highest BCUT2D eigenvalue weighted by Gasteiger charge is 2.18. The maximum Gasteiger partial charge on any atom is 0.0840 e. The van der Waals surface area contributed by atoms with E-state index in [0.717, 1.165) is 27.2 Å². The summed E-state index contributed by atoms with van der Waals surface area (Å²) in [6.07, 6.45) is 3.99. The zero-order valence-corrected chi connectivity index (χ0v) is 18.5. The molecular weight excluding hydrogens is 442 g/mol. The molecule has 3 nitrogen and oxygen atoms in total. The molecule has 6 heteroatoms. The van der Waals surface area contributed by atoms with E-state index >= 15 is 0 Å². The van der Waals surface area contributed by atoms with Gasteiger partial charge in [-0.15, -0.1) is 0 Å². The van der Waals surface area contributed by atoms with E-state index < -0.39 is 0 Å². The first-order valence-corrected chi connectivity index (χ1v) is 10.7. The lowest BCUT2D eigenvalue weighted by molar-refractivity contribution is 0.659. The van der Waals surface area contributed by atoms with Crippen molar-refractivity contribution in [3.63, 3.8) is 0 Å². The number of rotatable bonds is 4. The molecule has 2 aromatic heterocycles. The average molecular weight is 461 g/mol. The number of aromatic nitrogens is 3. The Kier molecular flexibility index (Phi) is 5.10. The van der Waals surface area contributed by atoms with Crippen molar-refractivity contribution in [1.29, 1.82) is 0 Å². The fourth-order valence-corrected chi connectivity index (χ4v) is 5.45. The van der Waals surface area contributed by atoms with Crippen LogP contribution in [-0.4, -0.2) is 14.3 Å². The van der Waals surface area contributed by atoms with E-state index in [1.54, 1.807) is 11.8 Å². The number of benzene rings is 2. The predicted octanol–water partition coefficient (Wildman–Crippen LogP) is 7.03. The minimum Gasteiger partial charge on any atom is -0.310 e. The van der Waals surface area contributed by atoms with Gasteiger partial charge in [0.15, 0.2) is 0 Å². The minimum atomic E-state index is 0.735. The first-order valence-electron chi connectivity index (χ1n) is 8.74. The van der Waals surface area contributed by atoms with Crippen LogP contribution in [0.4, 0.5) is 0 Å². The molecule has 138 valence electrons. The quantitative estimate of drug-likeness (QED) is 0.326. The van der Waals surface area contributed by atoms with Gasteiger partial charge in [0, 0.05) is 43.1 Å². The second-order valence-electron chi connectivity index (χ2n) is 6.53. The highest BCUT2D eigenvalue weighted by molar-refractivity contribution is 9.10. The van der Waals surface area contributed by atoms with E-state index in [1.165, 1.54) is 26.4 Å². The summed E-state index contributed by atoms with van der Waals surface area (Å²) in [5.74, 6) is 0. The predicted molar refractivity (Wildman–Crippen MR) is 117 cm³/mol. The molecule has 0 unspecified atom stereocenters. The first-order chi connectivity index (χ1) is 13.0. The van der Waals surface area contributed by atoms with E-state index in [-0.39, 0.29) is 0 Å². The third-order valence-electron chi connectivity index (χ3n) is 4.55. The first kappa shape index (κ1) is 18.7. The number of hydrogen-bond donors (Lipinski definition) is 0. The second-order valence-corrected chi connectivity index (χ2v) is 8.97. The Morgan fingerprint density at radius 1 is 1.15 bits per heavy atom. The number of fused-ring (bicyclic) bond motifs is 1. The lowest BCUT2D eigenvalue weighted by Gasteiger charge is -2.07. The van der Waals surface area contributed by atoms with Crippen LogP contribution in [0.3, 0.4) is 0 Å². The van der Waals surface area contributed by atoms with Crippen molar-refractivity contribution in [2.45, 2.75) is 37.1 Å². The third-order valence-corrected chi connectivity index (χ3v) is 6.43. The van der Waals surface area contributed by atoms with Crippen LogP contribution in [-0.2, 0) is 6.54 Å². The van der Waals surface area contributed by atoms with Crippen LogP contribution in [0.25, 0.3) is 16.6 Å². The fraction of sp³-hybridized carbons (Fsp3) is 0.190. The molecule has 0 spiro atoms. The topological polar surface area (TPSA) is 22.8 Å². The molecule has 0 fully saturated rings. The molecule has 0 saturated carbocycles. The van der Waals surface area contributed by atoms with Crippen molar-refractivity contribution >= 4 is 50.2 Å². The Balaban J connectivity index is 1.91. The Hall–Kier alpha value is -1.69. The molecule has 0 amide bonds. The standard InChI is InChI=1S/C21H19BrClN3S/c1-4-25-12-17(11-24-25)26-14(3)21(19-6-5-16(23)10-20(19)26)27-18-8-13(2)7-15(22)9-18/h5-12H,4H2,1-3H3. The SMILES string of the molecule is CCn1cc(-n2c(C)c(Sc3cc(C)cc(Br)c3)c3ccc(Cl)cc32)cn1. The lowest BCUT2D eigenvalue weighted by Crippen LogP contribution is -1.96. The van der Waals surface area contributed by atoms with E-state index in [1.807, 2.05) is 23.0 Å². The van der Waals surface area contributed by atoms with Crippen LogP contribution in [0.2, 0.25) is 5.02 Å². The number of hydrogen-bond acceptors (Lipinski definition) is 2. The molecule has 27 heavy (non-hydrogen) atoms. The van der Waals surface area contributed by atoms with E-state index in [9.17, 15) is 0 Å². The van der Waals surface area contributed by atoms with Crippen molar-refractivity contribution in [2.75, 3.05) is 0 Å². The van der Waals surface area contributed by atoms with Gasteiger partial charge in [-0.05, 0) is 56.7 Å². The van der Waals surface area contributed by atoms with E-state index in [2.05, 4.69) is 76.8 Å². The largest absolute Gasteiger partial charge is 0.310 e. The van der Waals surface area contributed by atoms with Gasteiger partial charge < -0.3 is 4.57 Å². The Morgan fingerprint density at radius 3 is 2.67 bits per heavy atom. The summed E-state index contributed by atoms with van der Waals surface area (Å²) in [7, 11) is 0. The van der Waals surface area contributed by atoms with Gasteiger partial charge >= 0.3 is 0 Å². The zero-order chi connectivity index (χ0) is 19.1. The summed E-state index contributed by atoms with van der Waals surface area (Å²) in [6.45, 7) is 7.21. The fourth-order valence-electron chi connectivity index (χ4n) is 3.34. The molecule has 0 saturated heterocycles. The Morgan fingerprint density at radius 2 is 1.96 bits per heavy atom. The van der Waals surface area contributed by atoms with Gasteiger partial charge in [0.25, 0.3) is 0 Å². The van der Waals surface area contributed by atoms with Crippen LogP contribution in [0, 0.1) is 13.8 Å². The molecule has 0 aliphatic rings. The third kappa shape index (κ3) is 3.56. The van der Waals surface area contributed by atoms with Crippen molar-refractivity contribution in [3.05, 3.63) is 69.5 Å². The van der Waals surface area contributed by atoms with Crippen LogP contribution in [0.1, 0.15) is 18.2 Å². The zero-order valence-electron chi connectivity index (χ0n) is 15.3. The minimum absolute atomic E-state index is 0.735. The number of nitrogens with zero attached hydrogens (tertiary/aromatic N) is 3. The van der Waals surface area contributed by atoms with Crippen molar-refractivity contribution < 1.29 is 0 Å². The summed E-state index contributed by atoms with van der Waals surface area (Å²) in [5.41, 5.74) is 4.58. The normalized spacial score (nSPS) is 11.4. The maximum atomic E-state index is 6.33. The smallest absolute Gasteiger partial charge is 0.0840 e.